The lowest BCUT2D eigenvalue weighted by Crippen LogP contribution is -2.12. The van der Waals surface area contributed by atoms with Crippen LogP contribution in [0.3, 0.4) is 0 Å². The second-order valence-electron chi connectivity index (χ2n) is 4.64. The van der Waals surface area contributed by atoms with E-state index >= 15 is 0 Å². The van der Waals surface area contributed by atoms with Gasteiger partial charge in [0.05, 0.1) is 11.6 Å². The molecule has 20 heavy (non-hydrogen) atoms. The Morgan fingerprint density at radius 2 is 1.90 bits per heavy atom. The van der Waals surface area contributed by atoms with Gasteiger partial charge in [0.25, 0.3) is 0 Å². The summed E-state index contributed by atoms with van der Waals surface area (Å²) in [5.41, 5.74) is 8.56. The molecule has 0 aliphatic carbocycles. The molecule has 3 nitrogen and oxygen atoms in total. The third-order valence-electron chi connectivity index (χ3n) is 3.30. The minimum absolute atomic E-state index is 0.134. The number of aromatic nitrogens is 1. The van der Waals surface area contributed by atoms with Crippen molar-refractivity contribution in [1.29, 1.82) is 0 Å². The predicted octanol–water partition coefficient (Wildman–Crippen LogP) is 3.64. The van der Waals surface area contributed by atoms with Gasteiger partial charge in [-0.1, -0.05) is 29.8 Å². The maximum Gasteiger partial charge on any atom is 0.120 e. The van der Waals surface area contributed by atoms with Gasteiger partial charge < -0.3 is 10.8 Å². The van der Waals surface area contributed by atoms with Crippen LogP contribution >= 0.6 is 11.6 Å². The van der Waals surface area contributed by atoms with Crippen molar-refractivity contribution in [2.45, 2.75) is 6.04 Å². The second kappa shape index (κ2) is 5.12. The fourth-order valence-electron chi connectivity index (χ4n) is 2.21. The van der Waals surface area contributed by atoms with E-state index in [0.717, 1.165) is 16.5 Å². The van der Waals surface area contributed by atoms with Crippen LogP contribution in [-0.4, -0.2) is 10.1 Å². The third-order valence-corrected chi connectivity index (χ3v) is 3.53. The van der Waals surface area contributed by atoms with Crippen LogP contribution in [0.2, 0.25) is 5.02 Å². The molecule has 1 heterocycles. The highest BCUT2D eigenvalue weighted by molar-refractivity contribution is 6.30. The van der Waals surface area contributed by atoms with Crippen LogP contribution < -0.4 is 5.73 Å². The Morgan fingerprint density at radius 1 is 1.10 bits per heavy atom. The number of aromatic hydroxyl groups is 1. The zero-order valence-electron chi connectivity index (χ0n) is 10.6. The minimum atomic E-state index is -0.467. The molecule has 1 aromatic heterocycles. The first kappa shape index (κ1) is 12.9. The van der Waals surface area contributed by atoms with E-state index in [-0.39, 0.29) is 5.75 Å². The molecule has 3 N–H and O–H groups in total. The smallest absolute Gasteiger partial charge is 0.120 e. The molecular weight excluding hydrogens is 272 g/mol. The first-order chi connectivity index (χ1) is 9.65. The second-order valence-corrected chi connectivity index (χ2v) is 5.08. The van der Waals surface area contributed by atoms with E-state index in [1.165, 1.54) is 0 Å². The molecule has 0 aliphatic heterocycles. The summed E-state index contributed by atoms with van der Waals surface area (Å²) in [5, 5.41) is 11.5. The molecule has 0 fully saturated rings. The SMILES string of the molecule is NC(c1cnc2ccccc2c1)c1cc(Cl)ccc1O. The van der Waals surface area contributed by atoms with Crippen molar-refractivity contribution in [3.05, 3.63) is 70.9 Å². The average Bonchev–Trinajstić information content (AvgIpc) is 2.48. The number of phenolic OH excluding ortho intramolecular Hbond substituents is 1. The van der Waals surface area contributed by atoms with Crippen LogP contribution in [0.15, 0.2) is 54.7 Å². The third kappa shape index (κ3) is 2.33. The molecule has 3 aromatic rings. The highest BCUT2D eigenvalue weighted by Crippen LogP contribution is 2.30. The molecule has 100 valence electrons. The number of fused-ring (bicyclic) bond motifs is 1. The summed E-state index contributed by atoms with van der Waals surface area (Å²) in [6, 6.07) is 14.2. The highest BCUT2D eigenvalue weighted by Gasteiger charge is 2.14. The number of hydrogen-bond donors (Lipinski definition) is 2. The van der Waals surface area contributed by atoms with Crippen LogP contribution in [0.1, 0.15) is 17.2 Å². The van der Waals surface area contributed by atoms with Crippen molar-refractivity contribution in [1.82, 2.24) is 4.98 Å². The van der Waals surface area contributed by atoms with E-state index in [1.807, 2.05) is 30.3 Å². The molecule has 1 unspecified atom stereocenters. The maximum atomic E-state index is 9.92. The largest absolute Gasteiger partial charge is 0.508 e. The van der Waals surface area contributed by atoms with Gasteiger partial charge in [-0.15, -0.1) is 0 Å². The number of nitrogens with two attached hydrogens (primary N) is 1. The molecule has 2 aromatic carbocycles. The summed E-state index contributed by atoms with van der Waals surface area (Å²) in [5.74, 6) is 0.134. The Kier molecular flexibility index (Phi) is 3.30. The van der Waals surface area contributed by atoms with E-state index < -0.39 is 6.04 Å². The molecule has 0 bridgehead atoms. The van der Waals surface area contributed by atoms with Gasteiger partial charge in [0.2, 0.25) is 0 Å². The number of para-hydroxylation sites is 1. The van der Waals surface area contributed by atoms with Crippen molar-refractivity contribution in [3.8, 4) is 5.75 Å². The predicted molar refractivity (Wildman–Crippen MR) is 80.9 cm³/mol. The summed E-state index contributed by atoms with van der Waals surface area (Å²) in [6.45, 7) is 0. The number of rotatable bonds is 2. The van der Waals surface area contributed by atoms with Crippen LogP contribution in [0, 0.1) is 0 Å². The zero-order chi connectivity index (χ0) is 14.1. The summed E-state index contributed by atoms with van der Waals surface area (Å²) in [6.07, 6.45) is 1.73. The monoisotopic (exact) mass is 284 g/mol. The molecule has 4 heteroatoms. The Morgan fingerprint density at radius 3 is 2.75 bits per heavy atom. The van der Waals surface area contributed by atoms with Crippen molar-refractivity contribution in [2.24, 2.45) is 5.73 Å². The van der Waals surface area contributed by atoms with Gasteiger partial charge in [-0.3, -0.25) is 4.98 Å². The molecule has 1 atom stereocenters. The molecule has 0 amide bonds. The minimum Gasteiger partial charge on any atom is -0.508 e. The molecule has 0 radical (unpaired) electrons. The Balaban J connectivity index is 2.07. The van der Waals surface area contributed by atoms with Crippen LogP contribution in [-0.2, 0) is 0 Å². The lowest BCUT2D eigenvalue weighted by molar-refractivity contribution is 0.465. The standard InChI is InChI=1S/C16H13ClN2O/c17-12-5-6-15(20)13(8-12)16(18)11-7-10-3-1-2-4-14(10)19-9-11/h1-9,16,20H,18H2. The number of phenols is 1. The van der Waals surface area contributed by atoms with Gasteiger partial charge in [-0.2, -0.15) is 0 Å². The molecule has 0 spiro atoms. The molecular formula is C16H13ClN2O. The van der Waals surface area contributed by atoms with Gasteiger partial charge in [0.1, 0.15) is 5.75 Å². The van der Waals surface area contributed by atoms with E-state index in [9.17, 15) is 5.11 Å². The van der Waals surface area contributed by atoms with Crippen molar-refractivity contribution in [2.75, 3.05) is 0 Å². The first-order valence-electron chi connectivity index (χ1n) is 6.24. The number of pyridine rings is 1. The van der Waals surface area contributed by atoms with E-state index in [0.29, 0.717) is 10.6 Å². The van der Waals surface area contributed by atoms with E-state index in [1.54, 1.807) is 24.4 Å². The molecule has 0 saturated carbocycles. The van der Waals surface area contributed by atoms with Crippen LogP contribution in [0.4, 0.5) is 0 Å². The first-order valence-corrected chi connectivity index (χ1v) is 6.61. The van der Waals surface area contributed by atoms with Gasteiger partial charge in [-0.05, 0) is 35.9 Å². The van der Waals surface area contributed by atoms with E-state index in [4.69, 9.17) is 17.3 Å². The number of nitrogens with zero attached hydrogens (tertiary/aromatic N) is 1. The van der Waals surface area contributed by atoms with Gasteiger partial charge in [-0.25, -0.2) is 0 Å². The summed E-state index contributed by atoms with van der Waals surface area (Å²) in [4.78, 5) is 4.39. The lowest BCUT2D eigenvalue weighted by Gasteiger charge is -2.14. The normalized spacial score (nSPS) is 12.5. The van der Waals surface area contributed by atoms with Crippen LogP contribution in [0.25, 0.3) is 10.9 Å². The maximum absolute atomic E-state index is 9.92. The summed E-state index contributed by atoms with van der Waals surface area (Å²) < 4.78 is 0. The van der Waals surface area contributed by atoms with Gasteiger partial charge in [0, 0.05) is 22.2 Å². The van der Waals surface area contributed by atoms with Crippen LogP contribution in [0.5, 0.6) is 5.75 Å². The number of benzene rings is 2. The lowest BCUT2D eigenvalue weighted by atomic mass is 9.99. The Bertz CT molecular complexity index is 773. The molecule has 0 saturated heterocycles. The Hall–Kier alpha value is -2.10. The number of halogens is 1. The molecule has 0 aliphatic rings. The fourth-order valence-corrected chi connectivity index (χ4v) is 2.39. The summed E-state index contributed by atoms with van der Waals surface area (Å²) in [7, 11) is 0. The zero-order valence-corrected chi connectivity index (χ0v) is 11.4. The average molecular weight is 285 g/mol. The van der Waals surface area contributed by atoms with Gasteiger partial charge >= 0.3 is 0 Å². The van der Waals surface area contributed by atoms with Crippen molar-refractivity contribution in [3.63, 3.8) is 0 Å². The van der Waals surface area contributed by atoms with Crippen molar-refractivity contribution >= 4 is 22.5 Å². The quantitative estimate of drug-likeness (QED) is 0.755. The summed E-state index contributed by atoms with van der Waals surface area (Å²) >= 11 is 5.96. The van der Waals surface area contributed by atoms with Gasteiger partial charge in [0.15, 0.2) is 0 Å². The Labute approximate surface area is 121 Å². The molecule has 3 rings (SSSR count). The topological polar surface area (TPSA) is 59.1 Å². The van der Waals surface area contributed by atoms with E-state index in [2.05, 4.69) is 4.98 Å². The fraction of sp³-hybridized carbons (Fsp3) is 0.0625. The number of hydrogen-bond acceptors (Lipinski definition) is 3. The highest BCUT2D eigenvalue weighted by atomic mass is 35.5. The van der Waals surface area contributed by atoms with Crippen molar-refractivity contribution < 1.29 is 5.11 Å².